The second-order valence-corrected chi connectivity index (χ2v) is 10.5. The first kappa shape index (κ1) is 30.1. The fourth-order valence-electron chi connectivity index (χ4n) is 4.05. The number of carbonyl (C=O) groups excluding carboxylic acids is 3. The van der Waals surface area contributed by atoms with Gasteiger partial charge >= 0.3 is 6.09 Å². The highest BCUT2D eigenvalue weighted by Crippen LogP contribution is 2.21. The summed E-state index contributed by atoms with van der Waals surface area (Å²) in [6.07, 6.45) is 7.78. The third-order valence-electron chi connectivity index (χ3n) is 6.11. The Morgan fingerprint density at radius 2 is 1.90 bits per heavy atom. The van der Waals surface area contributed by atoms with Crippen LogP contribution in [-0.4, -0.2) is 76.5 Å². The number of pyridine rings is 2. The standard InChI is InChI=1S/C29H38N6O5/c1-19(2)14-20-16-30-17-21-15-22(31-26(20)21)18-35-13-9-10-23(28(35)38)32-27(37)24(40-29(39)34(5)6)11-7-8-12-25(36)33(3)4/h8-10,12-13,15-17,19,24,31H,7,11,14,18H2,1-6H3,(H,32,37). The van der Waals surface area contributed by atoms with Crippen molar-refractivity contribution in [2.24, 2.45) is 5.92 Å². The van der Waals surface area contributed by atoms with Crippen LogP contribution in [0.25, 0.3) is 10.9 Å². The molecule has 1 unspecified atom stereocenters. The number of likely N-dealkylation sites (N-methyl/N-ethyl adjacent to an activating group) is 1. The largest absolute Gasteiger partial charge is 0.436 e. The molecule has 0 aliphatic rings. The van der Waals surface area contributed by atoms with Crippen molar-refractivity contribution in [3.63, 3.8) is 0 Å². The monoisotopic (exact) mass is 550 g/mol. The lowest BCUT2D eigenvalue weighted by molar-refractivity contribution is -0.125. The molecule has 40 heavy (non-hydrogen) atoms. The topological polar surface area (TPSA) is 130 Å². The summed E-state index contributed by atoms with van der Waals surface area (Å²) >= 11 is 0. The number of amides is 3. The minimum absolute atomic E-state index is 0.0648. The van der Waals surface area contributed by atoms with E-state index in [4.69, 9.17) is 4.74 Å². The average Bonchev–Trinajstić information content (AvgIpc) is 3.31. The predicted octanol–water partition coefficient (Wildman–Crippen LogP) is 3.40. The third-order valence-corrected chi connectivity index (χ3v) is 6.11. The number of aromatic amines is 1. The first-order valence-corrected chi connectivity index (χ1v) is 13.2. The zero-order chi connectivity index (χ0) is 29.4. The van der Waals surface area contributed by atoms with Gasteiger partial charge in [0.1, 0.15) is 5.69 Å². The van der Waals surface area contributed by atoms with Crippen molar-refractivity contribution in [2.45, 2.75) is 45.8 Å². The van der Waals surface area contributed by atoms with E-state index in [1.165, 1.54) is 40.6 Å². The number of ether oxygens (including phenoxy) is 1. The van der Waals surface area contributed by atoms with E-state index in [0.717, 1.165) is 28.6 Å². The molecule has 3 aromatic rings. The van der Waals surface area contributed by atoms with Crippen LogP contribution in [-0.2, 0) is 27.3 Å². The summed E-state index contributed by atoms with van der Waals surface area (Å²) in [6, 6.07) is 5.14. The Bertz CT molecular complexity index is 1440. The third kappa shape index (κ3) is 8.05. The minimum Gasteiger partial charge on any atom is -0.436 e. The Kier molecular flexibility index (Phi) is 10.2. The predicted molar refractivity (Wildman–Crippen MR) is 154 cm³/mol. The van der Waals surface area contributed by atoms with Crippen molar-refractivity contribution in [3.8, 4) is 0 Å². The van der Waals surface area contributed by atoms with Gasteiger partial charge in [0.25, 0.3) is 11.5 Å². The summed E-state index contributed by atoms with van der Waals surface area (Å²) < 4.78 is 6.86. The Labute approximate surface area is 233 Å². The van der Waals surface area contributed by atoms with Crippen molar-refractivity contribution >= 4 is 34.5 Å². The van der Waals surface area contributed by atoms with Crippen molar-refractivity contribution < 1.29 is 19.1 Å². The molecule has 0 spiro atoms. The number of hydrogen-bond acceptors (Lipinski definition) is 6. The van der Waals surface area contributed by atoms with Crippen molar-refractivity contribution in [2.75, 3.05) is 33.5 Å². The first-order chi connectivity index (χ1) is 19.0. The van der Waals surface area contributed by atoms with Gasteiger partial charge < -0.3 is 29.4 Å². The molecule has 0 bridgehead atoms. The lowest BCUT2D eigenvalue weighted by Gasteiger charge is -2.19. The molecule has 0 saturated heterocycles. The zero-order valence-electron chi connectivity index (χ0n) is 23.9. The molecule has 0 fully saturated rings. The van der Waals surface area contributed by atoms with Gasteiger partial charge in [0.05, 0.1) is 12.1 Å². The molecule has 3 aromatic heterocycles. The number of H-pyrrole nitrogens is 1. The summed E-state index contributed by atoms with van der Waals surface area (Å²) in [4.78, 5) is 60.7. The molecule has 0 aliphatic heterocycles. The highest BCUT2D eigenvalue weighted by molar-refractivity contribution is 5.95. The molecule has 0 aromatic carbocycles. The highest BCUT2D eigenvalue weighted by Gasteiger charge is 2.24. The molecular weight excluding hydrogens is 512 g/mol. The van der Waals surface area contributed by atoms with Gasteiger partial charge in [0.2, 0.25) is 5.91 Å². The summed E-state index contributed by atoms with van der Waals surface area (Å²) in [5, 5.41) is 3.59. The van der Waals surface area contributed by atoms with Crippen LogP contribution < -0.4 is 10.9 Å². The van der Waals surface area contributed by atoms with Crippen LogP contribution in [0.2, 0.25) is 0 Å². The van der Waals surface area contributed by atoms with Gasteiger partial charge in [0.15, 0.2) is 6.10 Å². The minimum atomic E-state index is -1.16. The molecule has 0 radical (unpaired) electrons. The van der Waals surface area contributed by atoms with Crippen LogP contribution in [0.1, 0.15) is 37.9 Å². The van der Waals surface area contributed by atoms with E-state index in [1.54, 1.807) is 38.6 Å². The number of anilines is 1. The lowest BCUT2D eigenvalue weighted by Crippen LogP contribution is -2.37. The van der Waals surface area contributed by atoms with Gasteiger partial charge in [-0.3, -0.25) is 19.4 Å². The lowest BCUT2D eigenvalue weighted by atomic mass is 10.0. The second-order valence-electron chi connectivity index (χ2n) is 10.5. The van der Waals surface area contributed by atoms with Crippen LogP contribution >= 0.6 is 0 Å². The van der Waals surface area contributed by atoms with Crippen LogP contribution in [0, 0.1) is 5.92 Å². The molecule has 2 N–H and O–H groups in total. The maximum atomic E-state index is 13.2. The highest BCUT2D eigenvalue weighted by atomic mass is 16.6. The van der Waals surface area contributed by atoms with E-state index < -0.39 is 23.7 Å². The molecule has 0 aliphatic carbocycles. The van der Waals surface area contributed by atoms with E-state index in [2.05, 4.69) is 29.1 Å². The van der Waals surface area contributed by atoms with E-state index >= 15 is 0 Å². The molecule has 3 heterocycles. The number of rotatable bonds is 11. The van der Waals surface area contributed by atoms with E-state index in [-0.39, 0.29) is 24.6 Å². The van der Waals surface area contributed by atoms with Crippen molar-refractivity contribution in [1.29, 1.82) is 0 Å². The quantitative estimate of drug-likeness (QED) is 0.352. The van der Waals surface area contributed by atoms with Gasteiger partial charge in [-0.25, -0.2) is 4.79 Å². The fraction of sp³-hybridized carbons (Fsp3) is 0.414. The Morgan fingerprint density at radius 1 is 1.15 bits per heavy atom. The summed E-state index contributed by atoms with van der Waals surface area (Å²) in [7, 11) is 6.28. The maximum Gasteiger partial charge on any atom is 0.410 e. The SMILES string of the molecule is CC(C)Cc1cncc2cc(Cn3cccc(NC(=O)C(CCC=CC(=O)N(C)C)OC(=O)N(C)C)c3=O)[nH]c12. The van der Waals surface area contributed by atoms with Crippen LogP contribution in [0.4, 0.5) is 10.5 Å². The second kappa shape index (κ2) is 13.6. The molecule has 1 atom stereocenters. The summed E-state index contributed by atoms with van der Waals surface area (Å²) in [6.45, 7) is 4.57. The zero-order valence-corrected chi connectivity index (χ0v) is 23.9. The van der Waals surface area contributed by atoms with E-state index in [1.807, 2.05) is 12.3 Å². The number of nitrogens with zero attached hydrogens (tertiary/aromatic N) is 4. The molecule has 0 saturated carbocycles. The van der Waals surface area contributed by atoms with Crippen molar-refractivity contribution in [3.05, 3.63) is 70.6 Å². The molecule has 11 nitrogen and oxygen atoms in total. The molecule has 3 rings (SSSR count). The average molecular weight is 551 g/mol. The van der Waals surface area contributed by atoms with Gasteiger partial charge in [0, 0.05) is 57.9 Å². The smallest absolute Gasteiger partial charge is 0.410 e. The Balaban J connectivity index is 1.77. The number of allylic oxidation sites excluding steroid dienone is 1. The number of carbonyl (C=O) groups is 3. The molecule has 3 amide bonds. The summed E-state index contributed by atoms with van der Waals surface area (Å²) in [5.74, 6) is -0.356. The van der Waals surface area contributed by atoms with Crippen molar-refractivity contribution in [1.82, 2.24) is 24.3 Å². The fourth-order valence-corrected chi connectivity index (χ4v) is 4.05. The Hall–Kier alpha value is -4.41. The van der Waals surface area contributed by atoms with Gasteiger partial charge in [-0.15, -0.1) is 0 Å². The van der Waals surface area contributed by atoms with Gasteiger partial charge in [-0.05, 0) is 55.0 Å². The molecule has 214 valence electrons. The summed E-state index contributed by atoms with van der Waals surface area (Å²) in [5.41, 5.74) is 2.61. The normalized spacial score (nSPS) is 12.1. The van der Waals surface area contributed by atoms with Gasteiger partial charge in [-0.1, -0.05) is 19.9 Å². The number of aromatic nitrogens is 3. The number of fused-ring (bicyclic) bond motifs is 1. The Morgan fingerprint density at radius 3 is 2.58 bits per heavy atom. The van der Waals surface area contributed by atoms with E-state index in [0.29, 0.717) is 12.3 Å². The molecular formula is C29H38N6O5. The van der Waals surface area contributed by atoms with Crippen LogP contribution in [0.3, 0.4) is 0 Å². The van der Waals surface area contributed by atoms with Crippen LogP contribution in [0.15, 0.2) is 53.7 Å². The van der Waals surface area contributed by atoms with E-state index in [9.17, 15) is 19.2 Å². The molecule has 11 heteroatoms. The maximum absolute atomic E-state index is 13.2. The first-order valence-electron chi connectivity index (χ1n) is 13.2. The number of hydrogen-bond donors (Lipinski definition) is 2. The van der Waals surface area contributed by atoms with Gasteiger partial charge in [-0.2, -0.15) is 0 Å². The number of nitrogens with one attached hydrogen (secondary N) is 2. The van der Waals surface area contributed by atoms with Crippen LogP contribution in [0.5, 0.6) is 0 Å².